The second-order valence-electron chi connectivity index (χ2n) is 7.40. The molecule has 0 aliphatic carbocycles. The molecule has 0 bridgehead atoms. The first kappa shape index (κ1) is 22.6. The molecule has 9 heteroatoms. The van der Waals surface area contributed by atoms with E-state index < -0.39 is 16.9 Å². The largest absolute Gasteiger partial charge is 0.380 e. The molecule has 2 amide bonds. The number of carbonyl (C=O) groups excluding carboxylic acids is 2. The molecule has 2 atom stereocenters. The van der Waals surface area contributed by atoms with Gasteiger partial charge in [0.1, 0.15) is 6.04 Å². The van der Waals surface area contributed by atoms with Gasteiger partial charge in [0, 0.05) is 42.5 Å². The molecule has 1 aliphatic rings. The van der Waals surface area contributed by atoms with Gasteiger partial charge in [0.15, 0.2) is 0 Å². The SMILES string of the molecule is CSCCC(NC(=O)c1cccc([N+](=O)[O-])c1)C(=O)N1CCC(Nc2ccccc2)C1. The summed E-state index contributed by atoms with van der Waals surface area (Å²) < 4.78 is 0. The van der Waals surface area contributed by atoms with E-state index in [2.05, 4.69) is 10.6 Å². The number of nitrogens with zero attached hydrogens (tertiary/aromatic N) is 2. The quantitative estimate of drug-likeness (QED) is 0.457. The molecule has 1 heterocycles. The molecule has 31 heavy (non-hydrogen) atoms. The molecule has 2 unspecified atom stereocenters. The van der Waals surface area contributed by atoms with Crippen molar-refractivity contribution in [2.45, 2.75) is 24.9 Å². The van der Waals surface area contributed by atoms with Gasteiger partial charge < -0.3 is 15.5 Å². The second kappa shape index (κ2) is 10.8. The molecule has 0 spiro atoms. The fourth-order valence-corrected chi connectivity index (χ4v) is 4.04. The van der Waals surface area contributed by atoms with Gasteiger partial charge >= 0.3 is 0 Å². The summed E-state index contributed by atoms with van der Waals surface area (Å²) in [4.78, 5) is 38.1. The van der Waals surface area contributed by atoms with Crippen LogP contribution in [0.5, 0.6) is 0 Å². The molecule has 8 nitrogen and oxygen atoms in total. The number of benzene rings is 2. The Morgan fingerprint density at radius 2 is 2.00 bits per heavy atom. The summed E-state index contributed by atoms with van der Waals surface area (Å²) >= 11 is 1.60. The average molecular weight is 443 g/mol. The third-order valence-electron chi connectivity index (χ3n) is 5.18. The van der Waals surface area contributed by atoms with Crippen LogP contribution in [0.2, 0.25) is 0 Å². The predicted molar refractivity (Wildman–Crippen MR) is 122 cm³/mol. The van der Waals surface area contributed by atoms with Crippen LogP contribution in [0, 0.1) is 10.1 Å². The Morgan fingerprint density at radius 1 is 1.23 bits per heavy atom. The van der Waals surface area contributed by atoms with Crippen LogP contribution in [-0.2, 0) is 4.79 Å². The van der Waals surface area contributed by atoms with Gasteiger partial charge in [0.2, 0.25) is 5.91 Å². The minimum Gasteiger partial charge on any atom is -0.380 e. The van der Waals surface area contributed by atoms with Gasteiger partial charge in [-0.3, -0.25) is 19.7 Å². The van der Waals surface area contributed by atoms with Gasteiger partial charge in [-0.15, -0.1) is 0 Å². The van der Waals surface area contributed by atoms with Crippen molar-refractivity contribution in [3.63, 3.8) is 0 Å². The number of likely N-dealkylation sites (tertiary alicyclic amines) is 1. The van der Waals surface area contributed by atoms with E-state index in [0.717, 1.165) is 12.1 Å². The Bertz CT molecular complexity index is 925. The fourth-order valence-electron chi connectivity index (χ4n) is 3.56. The summed E-state index contributed by atoms with van der Waals surface area (Å²) in [6.45, 7) is 1.18. The molecule has 2 N–H and O–H groups in total. The summed E-state index contributed by atoms with van der Waals surface area (Å²) in [5.41, 5.74) is 1.02. The van der Waals surface area contributed by atoms with Crippen molar-refractivity contribution >= 4 is 35.0 Å². The molecule has 1 aliphatic heterocycles. The maximum Gasteiger partial charge on any atom is 0.270 e. The highest BCUT2D eigenvalue weighted by Gasteiger charge is 2.31. The summed E-state index contributed by atoms with van der Waals surface area (Å²) in [7, 11) is 0. The Hall–Kier alpha value is -3.07. The third-order valence-corrected chi connectivity index (χ3v) is 5.82. The molecule has 1 fully saturated rings. The van der Waals surface area contributed by atoms with Crippen molar-refractivity contribution in [3.8, 4) is 0 Å². The van der Waals surface area contributed by atoms with Crippen molar-refractivity contribution in [1.29, 1.82) is 0 Å². The Balaban J connectivity index is 1.64. The van der Waals surface area contributed by atoms with Crippen LogP contribution in [0.25, 0.3) is 0 Å². The summed E-state index contributed by atoms with van der Waals surface area (Å²) in [6, 6.07) is 14.9. The van der Waals surface area contributed by atoms with Crippen LogP contribution >= 0.6 is 11.8 Å². The highest BCUT2D eigenvalue weighted by Crippen LogP contribution is 2.18. The third kappa shape index (κ3) is 6.21. The number of rotatable bonds is 9. The number of hydrogen-bond donors (Lipinski definition) is 2. The molecule has 2 aromatic rings. The van der Waals surface area contributed by atoms with Crippen LogP contribution in [0.3, 0.4) is 0 Å². The van der Waals surface area contributed by atoms with E-state index in [-0.39, 0.29) is 23.2 Å². The van der Waals surface area contributed by atoms with Crippen LogP contribution in [0.15, 0.2) is 54.6 Å². The number of thioether (sulfide) groups is 1. The Labute approximate surface area is 185 Å². The van der Waals surface area contributed by atoms with E-state index in [1.807, 2.05) is 36.6 Å². The number of carbonyl (C=O) groups is 2. The number of anilines is 1. The van der Waals surface area contributed by atoms with Crippen LogP contribution in [-0.4, -0.2) is 58.8 Å². The lowest BCUT2D eigenvalue weighted by Gasteiger charge is -2.24. The molecule has 0 saturated carbocycles. The number of nitro benzene ring substituents is 1. The molecular weight excluding hydrogens is 416 g/mol. The zero-order valence-electron chi connectivity index (χ0n) is 17.3. The minimum absolute atomic E-state index is 0.120. The summed E-state index contributed by atoms with van der Waals surface area (Å²) in [5.74, 6) is 0.108. The first-order valence-electron chi connectivity index (χ1n) is 10.1. The van der Waals surface area contributed by atoms with Crippen molar-refractivity contribution < 1.29 is 14.5 Å². The number of nitro groups is 1. The minimum atomic E-state index is -0.672. The van der Waals surface area contributed by atoms with Gasteiger partial charge in [-0.1, -0.05) is 24.3 Å². The van der Waals surface area contributed by atoms with Gasteiger partial charge in [0.25, 0.3) is 11.6 Å². The normalized spacial score (nSPS) is 16.5. The number of amides is 2. The molecule has 0 aromatic heterocycles. The van der Waals surface area contributed by atoms with Crippen LogP contribution in [0.1, 0.15) is 23.2 Å². The maximum absolute atomic E-state index is 13.2. The second-order valence-corrected chi connectivity index (χ2v) is 8.38. The molecule has 3 rings (SSSR count). The van der Waals surface area contributed by atoms with Gasteiger partial charge in [-0.25, -0.2) is 0 Å². The van der Waals surface area contributed by atoms with Crippen LogP contribution in [0.4, 0.5) is 11.4 Å². The number of para-hydroxylation sites is 1. The highest BCUT2D eigenvalue weighted by molar-refractivity contribution is 7.98. The van der Waals surface area contributed by atoms with Crippen molar-refractivity contribution in [2.75, 3.05) is 30.4 Å². The lowest BCUT2D eigenvalue weighted by molar-refractivity contribution is -0.384. The lowest BCUT2D eigenvalue weighted by atomic mass is 10.1. The molecule has 164 valence electrons. The van der Waals surface area contributed by atoms with E-state index in [1.165, 1.54) is 24.3 Å². The number of nitrogens with one attached hydrogen (secondary N) is 2. The number of hydrogen-bond acceptors (Lipinski definition) is 6. The highest BCUT2D eigenvalue weighted by atomic mass is 32.2. The summed E-state index contributed by atoms with van der Waals surface area (Å²) in [5, 5.41) is 17.2. The first-order valence-corrected chi connectivity index (χ1v) is 11.5. The Kier molecular flexibility index (Phi) is 7.88. The predicted octanol–water partition coefficient (Wildman–Crippen LogP) is 3.16. The Morgan fingerprint density at radius 3 is 2.71 bits per heavy atom. The van der Waals surface area contributed by atoms with Gasteiger partial charge in [0.05, 0.1) is 4.92 Å². The van der Waals surface area contributed by atoms with Crippen molar-refractivity contribution in [3.05, 3.63) is 70.3 Å². The van der Waals surface area contributed by atoms with Gasteiger partial charge in [-0.2, -0.15) is 11.8 Å². The van der Waals surface area contributed by atoms with E-state index >= 15 is 0 Å². The van der Waals surface area contributed by atoms with Crippen LogP contribution < -0.4 is 10.6 Å². The average Bonchev–Trinajstić information content (AvgIpc) is 3.25. The monoisotopic (exact) mass is 442 g/mol. The summed E-state index contributed by atoms with van der Waals surface area (Å²) in [6.07, 6.45) is 3.27. The molecule has 2 aromatic carbocycles. The first-order chi connectivity index (χ1) is 15.0. The number of non-ortho nitro benzene ring substituents is 1. The van der Waals surface area contributed by atoms with Gasteiger partial charge in [-0.05, 0) is 43.0 Å². The van der Waals surface area contributed by atoms with E-state index in [4.69, 9.17) is 0 Å². The topological polar surface area (TPSA) is 105 Å². The van der Waals surface area contributed by atoms with E-state index in [0.29, 0.717) is 25.3 Å². The standard InChI is InChI=1S/C22H26N4O4S/c1-31-13-11-20(24-21(27)16-6-5-9-19(14-16)26(29)30)22(28)25-12-10-18(15-25)23-17-7-3-2-4-8-17/h2-9,14,18,20,23H,10-13,15H2,1H3,(H,24,27). The maximum atomic E-state index is 13.2. The molecular formula is C22H26N4O4S. The van der Waals surface area contributed by atoms with Crippen molar-refractivity contribution in [2.24, 2.45) is 0 Å². The fraction of sp³-hybridized carbons (Fsp3) is 0.364. The molecule has 0 radical (unpaired) electrons. The van der Waals surface area contributed by atoms with E-state index in [1.54, 1.807) is 16.7 Å². The smallest absolute Gasteiger partial charge is 0.270 e. The van der Waals surface area contributed by atoms with E-state index in [9.17, 15) is 19.7 Å². The lowest BCUT2D eigenvalue weighted by Crippen LogP contribution is -2.48. The zero-order valence-corrected chi connectivity index (χ0v) is 18.1. The molecule has 1 saturated heterocycles. The zero-order chi connectivity index (χ0) is 22.2. The van der Waals surface area contributed by atoms with Crippen molar-refractivity contribution in [1.82, 2.24) is 10.2 Å².